The number of ether oxygens (including phenoxy) is 3. The number of esters is 3. The highest BCUT2D eigenvalue weighted by atomic mass is 16.6. The van der Waals surface area contributed by atoms with Crippen molar-refractivity contribution >= 4 is 17.9 Å². The minimum absolute atomic E-state index is 0.0684. The molecule has 0 aliphatic carbocycles. The van der Waals surface area contributed by atoms with E-state index in [2.05, 4.69) is 69.4 Å². The van der Waals surface area contributed by atoms with Gasteiger partial charge in [0.05, 0.1) is 0 Å². The van der Waals surface area contributed by atoms with Gasteiger partial charge in [-0.25, -0.2) is 0 Å². The predicted molar refractivity (Wildman–Crippen MR) is 362 cm³/mol. The number of rotatable bonds is 69. The largest absolute Gasteiger partial charge is 0.462 e. The molecule has 1 atom stereocenters. The van der Waals surface area contributed by atoms with Gasteiger partial charge in [0.2, 0.25) is 0 Å². The Morgan fingerprint density at radius 1 is 0.241 bits per heavy atom. The molecule has 0 bridgehead atoms. The molecule has 83 heavy (non-hydrogen) atoms. The fourth-order valence-corrected chi connectivity index (χ4v) is 11.2. The molecule has 0 aromatic rings. The van der Waals surface area contributed by atoms with Crippen molar-refractivity contribution in [2.45, 2.75) is 412 Å². The Bertz CT molecular complexity index is 1430. The number of hydrogen-bond donors (Lipinski definition) is 0. The zero-order valence-electron chi connectivity index (χ0n) is 56.0. The Labute approximate surface area is 518 Å². The Balaban J connectivity index is 4.25. The third-order valence-corrected chi connectivity index (χ3v) is 16.8. The molecule has 0 fully saturated rings. The lowest BCUT2D eigenvalue weighted by atomic mass is 10.0. The van der Waals surface area contributed by atoms with E-state index >= 15 is 0 Å². The molecule has 0 radical (unpaired) electrons. The molecule has 0 spiro atoms. The lowest BCUT2D eigenvalue weighted by Gasteiger charge is -2.18. The van der Waals surface area contributed by atoms with Crippen molar-refractivity contribution in [3.8, 4) is 0 Å². The van der Waals surface area contributed by atoms with Crippen LogP contribution in [0, 0.1) is 0 Å². The Hall–Kier alpha value is -2.63. The minimum Gasteiger partial charge on any atom is -0.462 e. The highest BCUT2D eigenvalue weighted by Crippen LogP contribution is 2.18. The first-order chi connectivity index (χ1) is 41.0. The fourth-order valence-electron chi connectivity index (χ4n) is 11.2. The minimum atomic E-state index is -0.773. The zero-order valence-corrected chi connectivity index (χ0v) is 56.0. The molecule has 0 rings (SSSR count). The standard InChI is InChI=1S/C77H142O6/c1-4-7-10-13-16-19-22-25-28-30-32-34-35-36-37-38-39-40-41-43-44-46-49-52-55-58-61-64-67-70-76(79)82-73-74(72-81-75(78)69-66-63-60-57-54-51-48-27-24-21-18-15-12-9-6-3)83-77(80)71-68-65-62-59-56-53-50-47-45-42-33-31-29-26-23-20-17-14-11-8-5-2/h22,25,30-33,35-36,74H,4-21,23-24,26-29,34,37-73H2,1-3H3/b25-22-,32-30-,33-31-,36-35-. The van der Waals surface area contributed by atoms with E-state index in [4.69, 9.17) is 14.2 Å². The van der Waals surface area contributed by atoms with Crippen LogP contribution in [0.25, 0.3) is 0 Å². The summed E-state index contributed by atoms with van der Waals surface area (Å²) in [6, 6.07) is 0. The van der Waals surface area contributed by atoms with E-state index in [1.807, 2.05) is 0 Å². The molecule has 0 aliphatic heterocycles. The Kier molecular flexibility index (Phi) is 69.6. The van der Waals surface area contributed by atoms with Gasteiger partial charge in [0.25, 0.3) is 0 Å². The second-order valence-corrected chi connectivity index (χ2v) is 25.2. The smallest absolute Gasteiger partial charge is 0.306 e. The number of allylic oxidation sites excluding steroid dienone is 8. The summed E-state index contributed by atoms with van der Waals surface area (Å²) in [5, 5.41) is 0. The molecular weight excluding hydrogens is 1020 g/mol. The fraction of sp³-hybridized carbons (Fsp3) is 0.857. The summed E-state index contributed by atoms with van der Waals surface area (Å²) in [4.78, 5) is 38.5. The van der Waals surface area contributed by atoms with Gasteiger partial charge in [-0.2, -0.15) is 0 Å². The van der Waals surface area contributed by atoms with Gasteiger partial charge in [0, 0.05) is 19.3 Å². The quantitative estimate of drug-likeness (QED) is 0.0261. The summed E-state index contributed by atoms with van der Waals surface area (Å²) in [5.41, 5.74) is 0. The van der Waals surface area contributed by atoms with Gasteiger partial charge in [-0.3, -0.25) is 14.4 Å². The van der Waals surface area contributed by atoms with Crippen LogP contribution >= 0.6 is 0 Å². The maximum absolute atomic E-state index is 13.0. The van der Waals surface area contributed by atoms with Crippen LogP contribution in [0.15, 0.2) is 48.6 Å². The van der Waals surface area contributed by atoms with E-state index < -0.39 is 6.10 Å². The van der Waals surface area contributed by atoms with Gasteiger partial charge in [0.15, 0.2) is 6.10 Å². The van der Waals surface area contributed by atoms with E-state index in [1.165, 1.54) is 295 Å². The van der Waals surface area contributed by atoms with E-state index in [1.54, 1.807) is 0 Å². The first-order valence-corrected chi connectivity index (χ1v) is 37.1. The second-order valence-electron chi connectivity index (χ2n) is 25.2. The van der Waals surface area contributed by atoms with Crippen molar-refractivity contribution in [3.63, 3.8) is 0 Å². The van der Waals surface area contributed by atoms with Crippen LogP contribution in [0.2, 0.25) is 0 Å². The summed E-state index contributed by atoms with van der Waals surface area (Å²) < 4.78 is 17.0. The van der Waals surface area contributed by atoms with Crippen LogP contribution in [-0.4, -0.2) is 37.2 Å². The Morgan fingerprint density at radius 3 is 0.687 bits per heavy atom. The molecule has 6 nitrogen and oxygen atoms in total. The lowest BCUT2D eigenvalue weighted by Crippen LogP contribution is -2.30. The van der Waals surface area contributed by atoms with Crippen LogP contribution in [-0.2, 0) is 28.6 Å². The maximum Gasteiger partial charge on any atom is 0.306 e. The number of hydrogen-bond acceptors (Lipinski definition) is 6. The van der Waals surface area contributed by atoms with Crippen molar-refractivity contribution in [2.24, 2.45) is 0 Å². The van der Waals surface area contributed by atoms with Gasteiger partial charge in [-0.1, -0.05) is 352 Å². The molecule has 6 heteroatoms. The predicted octanol–water partition coefficient (Wildman–Crippen LogP) is 25.7. The van der Waals surface area contributed by atoms with Crippen LogP contribution < -0.4 is 0 Å². The van der Waals surface area contributed by atoms with Crippen LogP contribution in [0.3, 0.4) is 0 Å². The Morgan fingerprint density at radius 2 is 0.434 bits per heavy atom. The maximum atomic E-state index is 13.0. The summed E-state index contributed by atoms with van der Waals surface area (Å²) in [5.74, 6) is -0.841. The number of carbonyl (C=O) groups is 3. The van der Waals surface area contributed by atoms with Gasteiger partial charge < -0.3 is 14.2 Å². The van der Waals surface area contributed by atoms with Gasteiger partial charge in [0.1, 0.15) is 13.2 Å². The highest BCUT2D eigenvalue weighted by Gasteiger charge is 2.19. The molecule has 0 amide bonds. The highest BCUT2D eigenvalue weighted by molar-refractivity contribution is 5.71. The average molecular weight is 1160 g/mol. The summed E-state index contributed by atoms with van der Waals surface area (Å²) in [6.07, 6.45) is 91.4. The summed E-state index contributed by atoms with van der Waals surface area (Å²) in [7, 11) is 0. The molecule has 0 N–H and O–H groups in total. The van der Waals surface area contributed by atoms with Gasteiger partial charge in [-0.05, 0) is 83.5 Å². The normalized spacial score (nSPS) is 12.3. The molecule has 0 saturated carbocycles. The van der Waals surface area contributed by atoms with Crippen molar-refractivity contribution in [2.75, 3.05) is 13.2 Å². The van der Waals surface area contributed by atoms with Crippen molar-refractivity contribution in [1.29, 1.82) is 0 Å². The number of unbranched alkanes of at least 4 members (excludes halogenated alkanes) is 50. The van der Waals surface area contributed by atoms with Crippen LogP contribution in [0.5, 0.6) is 0 Å². The monoisotopic (exact) mass is 1160 g/mol. The van der Waals surface area contributed by atoms with Gasteiger partial charge >= 0.3 is 17.9 Å². The first-order valence-electron chi connectivity index (χ1n) is 37.1. The zero-order chi connectivity index (χ0) is 59.9. The molecule has 1 unspecified atom stereocenters. The third kappa shape index (κ3) is 70.0. The SMILES string of the molecule is CCCCCCC/C=C\C/C=C\C/C=C\CCCCCCCCCCCCCCCCC(=O)OCC(COC(=O)CCCCCCCCCCCCCCCCC)OC(=O)CCCCCCCCCCC/C=C\CCCCCCCCCC. The molecule has 0 aromatic carbocycles. The van der Waals surface area contributed by atoms with E-state index in [0.29, 0.717) is 19.3 Å². The topological polar surface area (TPSA) is 78.9 Å². The molecule has 0 heterocycles. The van der Waals surface area contributed by atoms with Crippen molar-refractivity contribution in [3.05, 3.63) is 48.6 Å². The lowest BCUT2D eigenvalue weighted by molar-refractivity contribution is -0.167. The van der Waals surface area contributed by atoms with Crippen LogP contribution in [0.4, 0.5) is 0 Å². The molecule has 0 saturated heterocycles. The molecule has 0 aliphatic rings. The summed E-state index contributed by atoms with van der Waals surface area (Å²) >= 11 is 0. The first kappa shape index (κ1) is 80.4. The summed E-state index contributed by atoms with van der Waals surface area (Å²) in [6.45, 7) is 6.70. The van der Waals surface area contributed by atoms with Crippen molar-refractivity contribution < 1.29 is 28.6 Å². The van der Waals surface area contributed by atoms with Crippen molar-refractivity contribution in [1.82, 2.24) is 0 Å². The number of carbonyl (C=O) groups excluding carboxylic acids is 3. The van der Waals surface area contributed by atoms with E-state index in [-0.39, 0.29) is 31.1 Å². The van der Waals surface area contributed by atoms with Crippen LogP contribution in [0.1, 0.15) is 406 Å². The third-order valence-electron chi connectivity index (χ3n) is 16.8. The molecule has 486 valence electrons. The van der Waals surface area contributed by atoms with E-state index in [9.17, 15) is 14.4 Å². The van der Waals surface area contributed by atoms with E-state index in [0.717, 1.165) is 70.6 Å². The van der Waals surface area contributed by atoms with Gasteiger partial charge in [-0.15, -0.1) is 0 Å². The molecular formula is C77H142O6. The second kappa shape index (κ2) is 71.8. The molecule has 0 aromatic heterocycles. The average Bonchev–Trinajstić information content (AvgIpc) is 3.49.